The molecule has 0 heterocycles. The Morgan fingerprint density at radius 2 is 1.02 bits per heavy atom. The third-order valence-electron chi connectivity index (χ3n) is 10.1. The van der Waals surface area contributed by atoms with Crippen LogP contribution in [-0.2, 0) is 25.8 Å². The number of alkyl halides is 12. The molecule has 3 aromatic rings. The standard InChI is InChI=1S/C36H37Cl2F12NO3Si/c1-6-51(7-2)29(52)30(22-14-12-11-13-15-22,25-18-16-23(20-27(25)37)31(53,33(39,40)41)34(42,43)44)26-19-17-24(21-28(26)38)32(35(45,46)47,36(48,49)50)54-55(8-3,9-4)10-5/h11-21,53H,6-10H2,1-5H3. The molecule has 0 saturated carbocycles. The van der Waals surface area contributed by atoms with Crippen LogP contribution in [-0.4, -0.2) is 62.0 Å². The van der Waals surface area contributed by atoms with Crippen LogP contribution in [0.4, 0.5) is 52.7 Å². The summed E-state index contributed by atoms with van der Waals surface area (Å²) in [6.45, 7) is 7.07. The van der Waals surface area contributed by atoms with E-state index >= 15 is 26.3 Å². The third kappa shape index (κ3) is 7.72. The lowest BCUT2D eigenvalue weighted by molar-refractivity contribution is -0.376. The molecule has 1 N–H and O–H groups in total. The second-order valence-corrected chi connectivity index (χ2v) is 18.2. The van der Waals surface area contributed by atoms with Crippen LogP contribution in [0.1, 0.15) is 62.4 Å². The zero-order valence-corrected chi connectivity index (χ0v) is 32.4. The number of hydrogen-bond donors (Lipinski definition) is 1. The van der Waals surface area contributed by atoms with Crippen molar-refractivity contribution < 1.29 is 67.0 Å². The van der Waals surface area contributed by atoms with E-state index in [0.29, 0.717) is 24.3 Å². The zero-order chi connectivity index (χ0) is 42.2. The number of amides is 1. The average Bonchev–Trinajstić information content (AvgIpc) is 3.09. The van der Waals surface area contributed by atoms with Crippen LogP contribution >= 0.6 is 23.2 Å². The van der Waals surface area contributed by atoms with Gasteiger partial charge in [0.05, 0.1) is 0 Å². The van der Waals surface area contributed by atoms with Crippen molar-refractivity contribution in [1.29, 1.82) is 0 Å². The van der Waals surface area contributed by atoms with Gasteiger partial charge in [-0.25, -0.2) is 0 Å². The maximum absolute atomic E-state index is 15.0. The molecule has 3 aromatic carbocycles. The van der Waals surface area contributed by atoms with Gasteiger partial charge >= 0.3 is 24.7 Å². The van der Waals surface area contributed by atoms with Crippen LogP contribution in [0.15, 0.2) is 66.7 Å². The van der Waals surface area contributed by atoms with Crippen LogP contribution < -0.4 is 0 Å². The van der Waals surface area contributed by atoms with Gasteiger partial charge in [-0.3, -0.25) is 4.79 Å². The molecule has 0 saturated heterocycles. The van der Waals surface area contributed by atoms with Gasteiger partial charge < -0.3 is 14.4 Å². The number of aliphatic hydroxyl groups is 1. The van der Waals surface area contributed by atoms with E-state index in [0.717, 1.165) is 4.90 Å². The molecule has 0 fully saturated rings. The normalized spacial score (nSPS) is 14.8. The maximum atomic E-state index is 15.0. The van der Waals surface area contributed by atoms with Gasteiger partial charge in [0.1, 0.15) is 5.41 Å². The number of nitrogens with zero attached hydrogens (tertiary/aromatic N) is 1. The molecule has 55 heavy (non-hydrogen) atoms. The summed E-state index contributed by atoms with van der Waals surface area (Å²) in [7, 11) is -3.77. The van der Waals surface area contributed by atoms with Gasteiger partial charge in [-0.15, -0.1) is 0 Å². The van der Waals surface area contributed by atoms with Gasteiger partial charge in [-0.2, -0.15) is 52.7 Å². The van der Waals surface area contributed by atoms with Crippen LogP contribution in [0.3, 0.4) is 0 Å². The first-order valence-electron chi connectivity index (χ1n) is 16.8. The Morgan fingerprint density at radius 1 is 0.618 bits per heavy atom. The molecule has 0 aliphatic heterocycles. The van der Waals surface area contributed by atoms with E-state index in [-0.39, 0.29) is 48.9 Å². The molecule has 0 aromatic heterocycles. The summed E-state index contributed by atoms with van der Waals surface area (Å²) in [5.74, 6) is -1.00. The smallest absolute Gasteiger partial charge is 0.393 e. The molecule has 306 valence electrons. The highest BCUT2D eigenvalue weighted by Gasteiger charge is 2.75. The van der Waals surface area contributed by atoms with Crippen LogP contribution in [0.5, 0.6) is 0 Å². The highest BCUT2D eigenvalue weighted by atomic mass is 35.5. The van der Waals surface area contributed by atoms with Gasteiger partial charge in [-0.05, 0) is 60.8 Å². The van der Waals surface area contributed by atoms with Crippen molar-refractivity contribution >= 4 is 37.4 Å². The number of benzene rings is 3. The van der Waals surface area contributed by atoms with Gasteiger partial charge in [-0.1, -0.05) is 98.6 Å². The summed E-state index contributed by atoms with van der Waals surface area (Å²) < 4.78 is 179. The third-order valence-corrected chi connectivity index (χ3v) is 15.3. The molecule has 3 rings (SSSR count). The molecule has 0 bridgehead atoms. The molecule has 1 unspecified atom stereocenters. The van der Waals surface area contributed by atoms with E-state index < -0.39 is 87.8 Å². The number of rotatable bonds is 13. The quantitative estimate of drug-likeness (QED) is 0.106. The number of carbonyl (C=O) groups is 1. The van der Waals surface area contributed by atoms with Crippen molar-refractivity contribution in [3.63, 3.8) is 0 Å². The minimum atomic E-state index is -6.33. The SMILES string of the molecule is CCN(CC)C(=O)C(c1ccccc1)(c1ccc(C(O)(C(F)(F)F)C(F)(F)F)cc1Cl)c1ccc(C(O[Si](CC)(CC)CC)(C(F)(F)F)C(F)(F)F)cc1Cl. The minimum Gasteiger partial charge on any atom is -0.393 e. The first kappa shape index (κ1) is 46.4. The first-order chi connectivity index (χ1) is 25.2. The molecule has 19 heteroatoms. The van der Waals surface area contributed by atoms with E-state index in [2.05, 4.69) is 0 Å². The van der Waals surface area contributed by atoms with Crippen LogP contribution in [0, 0.1) is 0 Å². The van der Waals surface area contributed by atoms with E-state index in [1.807, 2.05) is 0 Å². The number of halogens is 14. The van der Waals surface area contributed by atoms with Crippen molar-refractivity contribution in [2.45, 2.75) is 94.1 Å². The summed E-state index contributed by atoms with van der Waals surface area (Å²) in [6.07, 6.45) is -24.9. The lowest BCUT2D eigenvalue weighted by Crippen LogP contribution is -2.61. The summed E-state index contributed by atoms with van der Waals surface area (Å²) in [5, 5.41) is 8.24. The van der Waals surface area contributed by atoms with E-state index in [9.17, 15) is 36.2 Å². The largest absolute Gasteiger partial charge is 0.430 e. The molecule has 0 aliphatic rings. The fourth-order valence-electron chi connectivity index (χ4n) is 6.77. The van der Waals surface area contributed by atoms with Gasteiger partial charge in [0, 0.05) is 34.3 Å². The molecule has 4 nitrogen and oxygen atoms in total. The second kappa shape index (κ2) is 16.1. The molecule has 0 aliphatic carbocycles. The van der Waals surface area contributed by atoms with E-state index in [4.69, 9.17) is 27.6 Å². The Hall–Kier alpha value is -2.99. The van der Waals surface area contributed by atoms with Crippen LogP contribution in [0.2, 0.25) is 28.2 Å². The van der Waals surface area contributed by atoms with E-state index in [1.165, 1.54) is 65.0 Å². The van der Waals surface area contributed by atoms with Crippen molar-refractivity contribution in [1.82, 2.24) is 4.90 Å². The fraction of sp³-hybridized carbons (Fsp3) is 0.472. The molecular formula is C36H37Cl2F12NO3Si. The maximum Gasteiger partial charge on any atom is 0.430 e. The lowest BCUT2D eigenvalue weighted by atomic mass is 9.67. The molecule has 1 amide bonds. The number of likely N-dealkylation sites (N-methyl/N-ethyl adjacent to an activating group) is 1. The summed E-state index contributed by atoms with van der Waals surface area (Å²) in [5.41, 5.74) is -17.4. The molecule has 0 spiro atoms. The highest BCUT2D eigenvalue weighted by Crippen LogP contribution is 2.57. The molecular weight excluding hydrogens is 821 g/mol. The fourth-order valence-corrected chi connectivity index (χ4v) is 10.3. The average molecular weight is 859 g/mol. The predicted octanol–water partition coefficient (Wildman–Crippen LogP) is 11.9. The minimum absolute atomic E-state index is 0.0892. The summed E-state index contributed by atoms with van der Waals surface area (Å²) >= 11 is 13.2. The lowest BCUT2D eigenvalue weighted by Gasteiger charge is -2.45. The highest BCUT2D eigenvalue weighted by molar-refractivity contribution is 6.73. The van der Waals surface area contributed by atoms with Gasteiger partial charge in [0.15, 0.2) is 8.32 Å². The van der Waals surface area contributed by atoms with Gasteiger partial charge in [0.25, 0.3) is 11.2 Å². The molecule has 1 atom stereocenters. The number of hydrogen-bond acceptors (Lipinski definition) is 3. The summed E-state index contributed by atoms with van der Waals surface area (Å²) in [4.78, 5) is 16.0. The van der Waals surface area contributed by atoms with Crippen molar-refractivity contribution in [3.05, 3.63) is 105 Å². The monoisotopic (exact) mass is 857 g/mol. The Balaban J connectivity index is 2.63. The van der Waals surface area contributed by atoms with Crippen LogP contribution in [0.25, 0.3) is 0 Å². The van der Waals surface area contributed by atoms with Crippen molar-refractivity contribution in [2.24, 2.45) is 0 Å². The Bertz CT molecular complexity index is 1770. The van der Waals surface area contributed by atoms with Crippen molar-refractivity contribution in [2.75, 3.05) is 13.1 Å². The summed E-state index contributed by atoms with van der Waals surface area (Å²) in [6, 6.07) is 8.76. The Morgan fingerprint density at radius 3 is 1.36 bits per heavy atom. The van der Waals surface area contributed by atoms with Crippen molar-refractivity contribution in [3.8, 4) is 0 Å². The second-order valence-electron chi connectivity index (χ2n) is 12.7. The predicted molar refractivity (Wildman–Crippen MR) is 185 cm³/mol. The Kier molecular flexibility index (Phi) is 13.6. The Labute approximate surface area is 320 Å². The zero-order valence-electron chi connectivity index (χ0n) is 29.9. The van der Waals surface area contributed by atoms with Gasteiger partial charge in [0.2, 0.25) is 5.91 Å². The first-order valence-corrected chi connectivity index (χ1v) is 20.1. The molecule has 0 radical (unpaired) electrons. The number of carbonyl (C=O) groups excluding carboxylic acids is 1. The van der Waals surface area contributed by atoms with E-state index in [1.54, 1.807) is 0 Å². The topological polar surface area (TPSA) is 49.8 Å².